The second-order valence-electron chi connectivity index (χ2n) is 20.8. The van der Waals surface area contributed by atoms with Crippen molar-refractivity contribution in [1.82, 2.24) is 15.6 Å². The highest BCUT2D eigenvalue weighted by Crippen LogP contribution is 2.57. The van der Waals surface area contributed by atoms with Crippen LogP contribution in [0.15, 0.2) is 80.8 Å². The lowest BCUT2D eigenvalue weighted by atomic mass is 9.67. The summed E-state index contributed by atoms with van der Waals surface area (Å²) in [5.74, 6) is -4.38. The van der Waals surface area contributed by atoms with E-state index < -0.39 is 125 Å². The van der Waals surface area contributed by atoms with Crippen LogP contribution in [0.25, 0.3) is 22.3 Å². The van der Waals surface area contributed by atoms with Gasteiger partial charge in [0.15, 0.2) is 23.0 Å². The maximum Gasteiger partial charge on any atom is 0.354 e. The standard InChI is InChI=1S/C54H51N3O20/c58-13-8-25-14-26(17-34(60)40(25)61)35-20-33(59)39-36(73-35)21-37-38(41(39)62)30(27-16-31-24-4-1-6-29(15-24)57-46(31)56-22-27)18-28-19-32-23(7-12-55-32)5-2-9-50(70)44(65)45(66)53(28,75-37)77-52(50)11-3-10-51(48(67)68)54(71,72)43(64)42(63)47(76-51)74-49(52)69/h7,12,14,16-18,20-22,24,29-30,42-47,55-58,60-66,70-72H,1,4,6,8-9,11,13,15,19H2,(H,67,68)/t24-,29+,30-,42-,43-,44-,45-,46?,47+,50+,51-,52-,53+/m1/s1. The fourth-order valence-corrected chi connectivity index (χ4v) is 12.4. The summed E-state index contributed by atoms with van der Waals surface area (Å²) in [6.07, 6.45) is -5.64. The van der Waals surface area contributed by atoms with E-state index in [1.807, 2.05) is 12.0 Å². The summed E-state index contributed by atoms with van der Waals surface area (Å²) in [5.41, 5.74) is -9.10. The van der Waals surface area contributed by atoms with Crippen molar-refractivity contribution in [2.24, 2.45) is 5.92 Å². The molecule has 2 aromatic heterocycles. The Kier molecular flexibility index (Phi) is 11.6. The first-order chi connectivity index (χ1) is 36.7. The normalized spacial score (nSPS) is 35.4. The topological polar surface area (TPSA) is 384 Å². The average Bonchev–Trinajstić information content (AvgIpc) is 4.07. The number of ether oxygens (including phenoxy) is 4. The SMILES string of the molecule is O=C(O)[C@@]12C#CC[C@@]3(O[C@@]45Oc6cc7oc(-c8cc(O)c(O)c(CCO)c8)cc(=O)c7c(O)c6[C@@H](C6=CNC7N[C@H]8CCC[C@H](C8)C7=C6)C=C4Cc4[nH]ccc4C#CC[C@]3(O)[C@H](O)[C@H]5O)C(=O)O[C@@H](O1)[C@H](O)[C@@H](O)C2(O)O. The van der Waals surface area contributed by atoms with Crippen molar-refractivity contribution in [3.8, 4) is 58.0 Å². The van der Waals surface area contributed by atoms with Gasteiger partial charge in [0, 0.05) is 89.5 Å². The number of aliphatic carboxylic acids is 1. The lowest BCUT2D eigenvalue weighted by molar-refractivity contribution is -0.399. The van der Waals surface area contributed by atoms with Crippen molar-refractivity contribution in [3.05, 3.63) is 104 Å². The zero-order chi connectivity index (χ0) is 54.3. The quantitative estimate of drug-likeness (QED) is 0.0382. The van der Waals surface area contributed by atoms with Crippen LogP contribution in [0.5, 0.6) is 23.0 Å². The van der Waals surface area contributed by atoms with Crippen LogP contribution < -0.4 is 20.8 Å². The highest BCUT2D eigenvalue weighted by atomic mass is 16.8. The number of benzene rings is 2. The van der Waals surface area contributed by atoms with Crippen LogP contribution in [0.1, 0.15) is 66.8 Å². The Bertz CT molecular complexity index is 3500. The van der Waals surface area contributed by atoms with Crippen LogP contribution in [0.2, 0.25) is 0 Å². The minimum absolute atomic E-state index is 0.0576. The number of aliphatic hydroxyl groups excluding tert-OH is 5. The van der Waals surface area contributed by atoms with E-state index in [-0.39, 0.29) is 70.0 Å². The zero-order valence-electron chi connectivity index (χ0n) is 40.4. The van der Waals surface area contributed by atoms with Gasteiger partial charge in [-0.3, -0.25) is 10.1 Å². The fraction of sp³-hybridized carbons (Fsp3) is 0.426. The molecule has 15 N–H and O–H groups in total. The second kappa shape index (κ2) is 17.7. The largest absolute Gasteiger partial charge is 0.507 e. The number of aromatic nitrogens is 1. The molecule has 402 valence electrons. The van der Waals surface area contributed by atoms with Gasteiger partial charge in [-0.15, -0.1) is 0 Å². The van der Waals surface area contributed by atoms with Gasteiger partial charge >= 0.3 is 11.9 Å². The Hall–Kier alpha value is -7.23. The number of fused-ring (bicyclic) bond motifs is 10. The number of aromatic hydroxyl groups is 3. The highest BCUT2D eigenvalue weighted by molar-refractivity contribution is 5.90. The molecule has 23 heteroatoms. The van der Waals surface area contributed by atoms with Crippen molar-refractivity contribution >= 4 is 22.9 Å². The number of aromatic amines is 1. The summed E-state index contributed by atoms with van der Waals surface area (Å²) in [4.78, 5) is 45.9. The molecule has 6 bridgehead atoms. The van der Waals surface area contributed by atoms with Gasteiger partial charge in [-0.2, -0.15) is 0 Å². The minimum atomic E-state index is -3.89. The zero-order valence-corrected chi connectivity index (χ0v) is 40.4. The molecule has 2 aliphatic carbocycles. The Morgan fingerprint density at radius 2 is 1.74 bits per heavy atom. The number of hydrogen-bond acceptors (Lipinski definition) is 21. The summed E-state index contributed by atoms with van der Waals surface area (Å²) in [5, 5.41) is 144. The first kappa shape index (κ1) is 50.6. The van der Waals surface area contributed by atoms with E-state index in [2.05, 4.69) is 33.4 Å². The number of dihydropyridines is 1. The molecule has 4 fully saturated rings. The first-order valence-electron chi connectivity index (χ1n) is 24.9. The Labute approximate surface area is 434 Å². The molecule has 4 aromatic rings. The molecule has 9 aliphatic rings. The summed E-state index contributed by atoms with van der Waals surface area (Å²) in [6.45, 7) is -0.423. The van der Waals surface area contributed by atoms with E-state index in [9.17, 15) is 70.9 Å². The van der Waals surface area contributed by atoms with Gasteiger partial charge in [0.25, 0.3) is 11.4 Å². The molecule has 23 nitrogen and oxygen atoms in total. The van der Waals surface area contributed by atoms with Gasteiger partial charge in [0.05, 0.1) is 12.6 Å². The molecule has 13 atom stereocenters. The maximum absolute atomic E-state index is 15.3. The predicted octanol–water partition coefficient (Wildman–Crippen LogP) is -0.807. The molecule has 2 aromatic carbocycles. The Balaban J connectivity index is 1.13. The molecule has 1 saturated carbocycles. The van der Waals surface area contributed by atoms with Crippen LogP contribution in [0.3, 0.4) is 0 Å². The number of carboxylic acids is 1. The van der Waals surface area contributed by atoms with Crippen molar-refractivity contribution in [2.75, 3.05) is 6.61 Å². The molecule has 7 aliphatic heterocycles. The molecular formula is C54H51N3O20. The molecule has 0 amide bonds. The number of carbonyl (C=O) groups excluding carboxylic acids is 1. The molecule has 9 heterocycles. The molecule has 77 heavy (non-hydrogen) atoms. The van der Waals surface area contributed by atoms with E-state index in [0.29, 0.717) is 16.8 Å². The maximum atomic E-state index is 15.3. The van der Waals surface area contributed by atoms with Gasteiger partial charge in [0.1, 0.15) is 52.1 Å². The summed E-state index contributed by atoms with van der Waals surface area (Å²) >= 11 is 0. The summed E-state index contributed by atoms with van der Waals surface area (Å²) < 4.78 is 31.1. The monoisotopic (exact) mass is 1060 g/mol. The van der Waals surface area contributed by atoms with E-state index in [4.69, 9.17) is 23.4 Å². The number of rotatable bonds is 5. The number of esters is 1. The van der Waals surface area contributed by atoms with Crippen LogP contribution in [0, 0.1) is 29.6 Å². The number of carbonyl (C=O) groups is 2. The number of H-pyrrole nitrogens is 1. The first-order valence-corrected chi connectivity index (χ1v) is 24.9. The number of phenolic OH excluding ortho intramolecular Hbond substituents is 3. The van der Waals surface area contributed by atoms with E-state index in [0.717, 1.165) is 43.4 Å². The van der Waals surface area contributed by atoms with Gasteiger partial charge in [-0.25, -0.2) is 9.59 Å². The number of carboxylic acid groups (broad SMARTS) is 1. The predicted molar refractivity (Wildman–Crippen MR) is 260 cm³/mol. The molecule has 1 unspecified atom stereocenters. The lowest BCUT2D eigenvalue weighted by Crippen LogP contribution is -2.80. The number of hydrogen-bond donors (Lipinski definition) is 15. The Morgan fingerprint density at radius 1 is 0.935 bits per heavy atom. The number of nitrogens with one attached hydrogen (secondary N) is 3. The van der Waals surface area contributed by atoms with Crippen molar-refractivity contribution in [3.63, 3.8) is 0 Å². The third-order valence-corrected chi connectivity index (χ3v) is 16.5. The molecule has 2 spiro atoms. The van der Waals surface area contributed by atoms with Crippen LogP contribution in [0.4, 0.5) is 0 Å². The van der Waals surface area contributed by atoms with Crippen molar-refractivity contribution < 1.29 is 94.2 Å². The number of allylic oxidation sites excluding steroid dienone is 3. The number of aliphatic hydroxyl groups is 8. The van der Waals surface area contributed by atoms with Gasteiger partial charge in [0.2, 0.25) is 17.7 Å². The van der Waals surface area contributed by atoms with Crippen LogP contribution >= 0.6 is 0 Å². The third kappa shape index (κ3) is 7.24. The lowest BCUT2D eigenvalue weighted by Gasteiger charge is -2.57. The number of phenols is 3. The van der Waals surface area contributed by atoms with Crippen LogP contribution in [-0.4, -0.2) is 156 Å². The third-order valence-electron chi connectivity index (χ3n) is 16.5. The Morgan fingerprint density at radius 3 is 2.52 bits per heavy atom. The molecule has 3 saturated heterocycles. The van der Waals surface area contributed by atoms with Crippen LogP contribution in [-0.2, 0) is 36.6 Å². The van der Waals surface area contributed by atoms with Crippen molar-refractivity contribution in [1.29, 1.82) is 0 Å². The van der Waals surface area contributed by atoms with Gasteiger partial charge in [-0.1, -0.05) is 36.3 Å². The smallest absolute Gasteiger partial charge is 0.354 e. The van der Waals surface area contributed by atoms with Crippen molar-refractivity contribution in [2.45, 2.75) is 129 Å². The average molecular weight is 1060 g/mol. The summed E-state index contributed by atoms with van der Waals surface area (Å²) in [7, 11) is 0. The van der Waals surface area contributed by atoms with Gasteiger partial charge < -0.3 is 94.9 Å². The molecular weight excluding hydrogens is 1010 g/mol. The van der Waals surface area contributed by atoms with Gasteiger partial charge in [-0.05, 0) is 66.9 Å². The molecule has 13 rings (SSSR count). The van der Waals surface area contributed by atoms with E-state index in [1.54, 1.807) is 18.5 Å². The van der Waals surface area contributed by atoms with E-state index in [1.165, 1.54) is 18.2 Å². The highest BCUT2D eigenvalue weighted by Gasteiger charge is 2.76. The fourth-order valence-electron chi connectivity index (χ4n) is 12.4. The van der Waals surface area contributed by atoms with E-state index >= 15 is 4.79 Å². The molecule has 0 radical (unpaired) electrons. The second-order valence-corrected chi connectivity index (χ2v) is 20.8. The minimum Gasteiger partial charge on any atom is -0.507 e. The number of piperidine rings is 1. The summed E-state index contributed by atoms with van der Waals surface area (Å²) in [6, 6.07) is 6.55.